The molecule has 2 atom stereocenters. The Morgan fingerprint density at radius 3 is 1.75 bits per heavy atom. The molecule has 1 saturated heterocycles. The van der Waals surface area contributed by atoms with Crippen molar-refractivity contribution in [1.82, 2.24) is 0 Å². The third-order valence-electron chi connectivity index (χ3n) is 1.23. The molecule has 8 heavy (non-hydrogen) atoms. The van der Waals surface area contributed by atoms with Crippen molar-refractivity contribution >= 4 is 4.27 Å². The second kappa shape index (κ2) is 2.38. The molecule has 0 bridgehead atoms. The van der Waals surface area contributed by atoms with Gasteiger partial charge in [-0.05, 0) is 0 Å². The van der Waals surface area contributed by atoms with E-state index in [1.54, 1.807) is 0 Å². The van der Waals surface area contributed by atoms with Crippen LogP contribution in [0.4, 0.5) is 0 Å². The summed E-state index contributed by atoms with van der Waals surface area (Å²) >= 11 is 1.27. The molecule has 0 aromatic carbocycles. The summed E-state index contributed by atoms with van der Waals surface area (Å²) < 4.78 is 11.2. The summed E-state index contributed by atoms with van der Waals surface area (Å²) in [4.78, 5) is 0. The average Bonchev–Trinajstić information content (AvgIpc) is 1.85. The third-order valence-corrected chi connectivity index (χ3v) is 1.92. The molecule has 0 aliphatic carbocycles. The van der Waals surface area contributed by atoms with Gasteiger partial charge in [-0.25, -0.2) is 0 Å². The first-order valence-corrected chi connectivity index (χ1v) is 4.04. The Kier molecular flexibility index (Phi) is 1.96. The molecule has 0 spiro atoms. The van der Waals surface area contributed by atoms with Crippen molar-refractivity contribution in [3.05, 3.63) is 0 Å². The van der Waals surface area contributed by atoms with Crippen molar-refractivity contribution < 1.29 is 28.8 Å². The van der Waals surface area contributed by atoms with Crippen LogP contribution in [0.1, 0.15) is 13.8 Å². The predicted molar refractivity (Wildman–Crippen MR) is 26.1 cm³/mol. The molecule has 0 aromatic rings. The molecule has 46 valence electrons. The Labute approximate surface area is 59.6 Å². The SMILES string of the molecule is CC1O[C](=[W])OC1C. The normalized spacial score (nSPS) is 38.5. The van der Waals surface area contributed by atoms with Crippen LogP contribution in [0, 0.1) is 0 Å². The Morgan fingerprint density at radius 1 is 1.25 bits per heavy atom. The fourth-order valence-corrected chi connectivity index (χ4v) is 1.61. The van der Waals surface area contributed by atoms with Gasteiger partial charge < -0.3 is 0 Å². The molecule has 0 radical (unpaired) electrons. The van der Waals surface area contributed by atoms with E-state index in [1.165, 1.54) is 19.4 Å². The standard InChI is InChI=1S/C5H8O2.W/c1-4-5(2)7-3-6-4;/h4-5H,1-2H3;. The number of ether oxygens (including phenoxy) is 2. The maximum atomic E-state index is 5.20. The van der Waals surface area contributed by atoms with Gasteiger partial charge in [0.15, 0.2) is 0 Å². The van der Waals surface area contributed by atoms with Crippen LogP contribution in [0.25, 0.3) is 0 Å². The van der Waals surface area contributed by atoms with Gasteiger partial charge in [0, 0.05) is 0 Å². The quantitative estimate of drug-likeness (QED) is 0.643. The summed E-state index contributed by atoms with van der Waals surface area (Å²) in [5.41, 5.74) is 0. The van der Waals surface area contributed by atoms with Crippen LogP contribution in [-0.4, -0.2) is 16.5 Å². The molecule has 3 heteroatoms. The predicted octanol–water partition coefficient (Wildman–Crippen LogP) is 0.444. The van der Waals surface area contributed by atoms with Gasteiger partial charge in [0.1, 0.15) is 0 Å². The number of hydrogen-bond donors (Lipinski definition) is 0. The molecular formula is C5H8O2W. The van der Waals surface area contributed by atoms with Gasteiger partial charge in [0.25, 0.3) is 0 Å². The van der Waals surface area contributed by atoms with Gasteiger partial charge in [-0.15, -0.1) is 0 Å². The Bertz CT molecular complexity index is 101. The second-order valence-electron chi connectivity index (χ2n) is 1.90. The van der Waals surface area contributed by atoms with Gasteiger partial charge >= 0.3 is 59.2 Å². The van der Waals surface area contributed by atoms with E-state index < -0.39 is 0 Å². The van der Waals surface area contributed by atoms with Crippen LogP contribution in [-0.2, 0) is 28.8 Å². The summed E-state index contributed by atoms with van der Waals surface area (Å²) in [6.07, 6.45) is 0.505. The van der Waals surface area contributed by atoms with Crippen molar-refractivity contribution in [2.24, 2.45) is 0 Å². The van der Waals surface area contributed by atoms with E-state index in [0.29, 0.717) is 0 Å². The molecule has 0 N–H and O–H groups in total. The van der Waals surface area contributed by atoms with E-state index >= 15 is 0 Å². The summed E-state index contributed by atoms with van der Waals surface area (Å²) in [6, 6.07) is 0. The molecule has 2 unspecified atom stereocenters. The molecule has 0 aromatic heterocycles. The molecular weight excluding hydrogens is 276 g/mol. The zero-order valence-corrected chi connectivity index (χ0v) is 7.81. The minimum atomic E-state index is 0.252. The van der Waals surface area contributed by atoms with Gasteiger partial charge in [0.2, 0.25) is 0 Å². The van der Waals surface area contributed by atoms with Gasteiger partial charge in [0.05, 0.1) is 0 Å². The molecule has 0 saturated carbocycles. The Morgan fingerprint density at radius 2 is 1.62 bits per heavy atom. The second-order valence-corrected chi connectivity index (χ2v) is 3.09. The van der Waals surface area contributed by atoms with E-state index in [2.05, 4.69) is 0 Å². The molecule has 1 heterocycles. The molecule has 1 aliphatic rings. The van der Waals surface area contributed by atoms with Crippen LogP contribution in [0.2, 0.25) is 0 Å². The maximum absolute atomic E-state index is 5.20. The van der Waals surface area contributed by atoms with Crippen molar-refractivity contribution in [2.75, 3.05) is 0 Å². The number of rotatable bonds is 0. The topological polar surface area (TPSA) is 18.5 Å². The Hall–Kier alpha value is 0.478. The van der Waals surface area contributed by atoms with Crippen LogP contribution in [0.5, 0.6) is 0 Å². The van der Waals surface area contributed by atoms with Gasteiger partial charge in [-0.2, -0.15) is 0 Å². The van der Waals surface area contributed by atoms with E-state index in [0.717, 1.165) is 4.27 Å². The van der Waals surface area contributed by atoms with Gasteiger partial charge in [-0.3, -0.25) is 0 Å². The van der Waals surface area contributed by atoms with Crippen molar-refractivity contribution in [1.29, 1.82) is 0 Å². The third kappa shape index (κ3) is 1.25. The zero-order valence-electron chi connectivity index (χ0n) is 4.88. The van der Waals surface area contributed by atoms with E-state index in [4.69, 9.17) is 9.47 Å². The van der Waals surface area contributed by atoms with Gasteiger partial charge in [-0.1, -0.05) is 0 Å². The first-order valence-electron chi connectivity index (χ1n) is 2.57. The summed E-state index contributed by atoms with van der Waals surface area (Å²) in [6.45, 7) is 4.03. The first kappa shape index (κ1) is 6.60. The monoisotopic (exact) mass is 284 g/mol. The van der Waals surface area contributed by atoms with Crippen LogP contribution in [0.3, 0.4) is 0 Å². The average molecular weight is 284 g/mol. The van der Waals surface area contributed by atoms with Crippen LogP contribution < -0.4 is 0 Å². The van der Waals surface area contributed by atoms with Crippen LogP contribution in [0.15, 0.2) is 0 Å². The summed E-state index contributed by atoms with van der Waals surface area (Å²) in [7, 11) is 0. The molecule has 1 aliphatic heterocycles. The van der Waals surface area contributed by atoms with E-state index in [1.807, 2.05) is 13.8 Å². The van der Waals surface area contributed by atoms with E-state index in [9.17, 15) is 0 Å². The summed E-state index contributed by atoms with van der Waals surface area (Å²) in [5.74, 6) is 0. The van der Waals surface area contributed by atoms with Crippen LogP contribution >= 0.6 is 0 Å². The Balaban J connectivity index is 2.51. The zero-order chi connectivity index (χ0) is 6.15. The fourth-order valence-electron chi connectivity index (χ4n) is 0.523. The fraction of sp³-hybridized carbons (Fsp3) is 0.800. The summed E-state index contributed by atoms with van der Waals surface area (Å²) in [5, 5.41) is 0. The van der Waals surface area contributed by atoms with E-state index in [-0.39, 0.29) is 12.2 Å². The van der Waals surface area contributed by atoms with Crippen molar-refractivity contribution in [3.8, 4) is 0 Å². The molecule has 2 nitrogen and oxygen atoms in total. The molecule has 1 fully saturated rings. The molecule has 0 amide bonds. The van der Waals surface area contributed by atoms with Crippen molar-refractivity contribution in [2.45, 2.75) is 26.1 Å². The number of hydrogen-bond acceptors (Lipinski definition) is 2. The minimum absolute atomic E-state index is 0.252. The van der Waals surface area contributed by atoms with Crippen molar-refractivity contribution in [3.63, 3.8) is 0 Å². The first-order chi connectivity index (χ1) is 3.70. The molecule has 1 rings (SSSR count).